The number of allylic oxidation sites excluding steroid dienone is 1. The molecule has 0 saturated heterocycles. The highest BCUT2D eigenvalue weighted by atomic mass is 19.4. The molecular formula is C23H29F3O4. The Balaban J connectivity index is 0.00000218. The Morgan fingerprint density at radius 1 is 1.17 bits per heavy atom. The van der Waals surface area contributed by atoms with Crippen molar-refractivity contribution in [1.82, 2.24) is 0 Å². The molecule has 0 aromatic heterocycles. The van der Waals surface area contributed by atoms with Crippen LogP contribution >= 0.6 is 0 Å². The molecule has 166 valence electrons. The van der Waals surface area contributed by atoms with E-state index in [9.17, 15) is 27.6 Å². The maximum Gasteiger partial charge on any atom is 0.422 e. The van der Waals surface area contributed by atoms with E-state index in [4.69, 9.17) is 4.74 Å². The lowest BCUT2D eigenvalue weighted by molar-refractivity contribution is -0.153. The minimum Gasteiger partial charge on any atom is -0.484 e. The molecule has 1 aromatic carbocycles. The molecule has 2 unspecified atom stereocenters. The molecule has 1 fully saturated rings. The van der Waals surface area contributed by atoms with Gasteiger partial charge in [-0.15, -0.1) is 0 Å². The summed E-state index contributed by atoms with van der Waals surface area (Å²) in [5.74, 6) is -2.48. The van der Waals surface area contributed by atoms with E-state index in [2.05, 4.69) is 6.58 Å². The number of ketones is 3. The predicted molar refractivity (Wildman–Crippen MR) is 109 cm³/mol. The number of halogens is 3. The van der Waals surface area contributed by atoms with Gasteiger partial charge >= 0.3 is 6.18 Å². The maximum atomic E-state index is 12.8. The van der Waals surface area contributed by atoms with Crippen molar-refractivity contribution in [2.45, 2.75) is 66.0 Å². The van der Waals surface area contributed by atoms with Gasteiger partial charge in [0.25, 0.3) is 0 Å². The molecule has 0 amide bonds. The second kappa shape index (κ2) is 10.5. The van der Waals surface area contributed by atoms with Crippen LogP contribution in [0.25, 0.3) is 0 Å². The zero-order valence-electron chi connectivity index (χ0n) is 18.1. The average molecular weight is 426 g/mol. The van der Waals surface area contributed by atoms with Crippen LogP contribution in [0.2, 0.25) is 0 Å². The summed E-state index contributed by atoms with van der Waals surface area (Å²) < 4.78 is 41.8. The summed E-state index contributed by atoms with van der Waals surface area (Å²) >= 11 is 0. The number of aryl methyl sites for hydroxylation is 2. The fourth-order valence-corrected chi connectivity index (χ4v) is 3.54. The van der Waals surface area contributed by atoms with Crippen molar-refractivity contribution in [1.29, 1.82) is 0 Å². The Morgan fingerprint density at radius 2 is 1.70 bits per heavy atom. The highest BCUT2D eigenvalue weighted by Gasteiger charge is 2.44. The molecule has 1 aromatic rings. The Labute approximate surface area is 175 Å². The van der Waals surface area contributed by atoms with E-state index in [0.29, 0.717) is 28.7 Å². The molecule has 0 N–H and O–H groups in total. The zero-order valence-corrected chi connectivity index (χ0v) is 18.1. The van der Waals surface area contributed by atoms with Crippen molar-refractivity contribution >= 4 is 17.3 Å². The maximum absolute atomic E-state index is 12.8. The summed E-state index contributed by atoms with van der Waals surface area (Å²) in [6.07, 6.45) is -4.04. The molecule has 0 aliphatic heterocycles. The first-order chi connectivity index (χ1) is 13.9. The minimum atomic E-state index is -4.46. The van der Waals surface area contributed by atoms with Crippen LogP contribution < -0.4 is 4.74 Å². The highest BCUT2D eigenvalue weighted by Crippen LogP contribution is 2.39. The van der Waals surface area contributed by atoms with Gasteiger partial charge in [0.2, 0.25) is 0 Å². The zero-order chi connectivity index (χ0) is 23.2. The number of ether oxygens (including phenoxy) is 1. The van der Waals surface area contributed by atoms with E-state index in [-0.39, 0.29) is 35.9 Å². The number of benzene rings is 1. The second-order valence-electron chi connectivity index (χ2n) is 7.16. The third-order valence-corrected chi connectivity index (χ3v) is 4.97. The third-order valence-electron chi connectivity index (χ3n) is 4.97. The monoisotopic (exact) mass is 426 g/mol. The summed E-state index contributed by atoms with van der Waals surface area (Å²) in [6, 6.07) is 2.79. The predicted octanol–water partition coefficient (Wildman–Crippen LogP) is 5.44. The number of Topliss-reactive ketones (excluding diaryl/α,β-unsaturated/α-hetero) is 3. The van der Waals surface area contributed by atoms with E-state index < -0.39 is 24.6 Å². The summed E-state index contributed by atoms with van der Waals surface area (Å²) in [5, 5.41) is 0. The summed E-state index contributed by atoms with van der Waals surface area (Å²) in [4.78, 5) is 37.4. The quantitative estimate of drug-likeness (QED) is 0.430. The number of hydrogen-bond acceptors (Lipinski definition) is 4. The largest absolute Gasteiger partial charge is 0.484 e. The smallest absolute Gasteiger partial charge is 0.422 e. The van der Waals surface area contributed by atoms with E-state index in [1.165, 1.54) is 12.1 Å². The molecule has 1 aliphatic carbocycles. The van der Waals surface area contributed by atoms with Gasteiger partial charge in [-0.25, -0.2) is 0 Å². The topological polar surface area (TPSA) is 60.4 Å². The van der Waals surface area contributed by atoms with Crippen LogP contribution in [-0.4, -0.2) is 30.1 Å². The van der Waals surface area contributed by atoms with Gasteiger partial charge in [0, 0.05) is 18.8 Å². The normalized spacial score (nSPS) is 18.7. The molecule has 0 radical (unpaired) electrons. The molecule has 2 atom stereocenters. The summed E-state index contributed by atoms with van der Waals surface area (Å²) in [7, 11) is 0. The summed E-state index contributed by atoms with van der Waals surface area (Å²) in [5.41, 5.74) is 1.92. The van der Waals surface area contributed by atoms with Crippen LogP contribution in [0.1, 0.15) is 62.6 Å². The molecule has 2 rings (SSSR count). The molecule has 4 nitrogen and oxygen atoms in total. The van der Waals surface area contributed by atoms with Gasteiger partial charge in [-0.05, 0) is 54.7 Å². The van der Waals surface area contributed by atoms with Gasteiger partial charge < -0.3 is 4.74 Å². The van der Waals surface area contributed by atoms with Crippen molar-refractivity contribution < 1.29 is 32.3 Å². The fraction of sp³-hybridized carbons (Fsp3) is 0.522. The average Bonchev–Trinajstić information content (AvgIpc) is 2.94. The van der Waals surface area contributed by atoms with Gasteiger partial charge in [0.05, 0.1) is 0 Å². The number of carbonyl (C=O) groups excluding carboxylic acids is 3. The highest BCUT2D eigenvalue weighted by molar-refractivity contribution is 6.16. The van der Waals surface area contributed by atoms with Crippen molar-refractivity contribution in [2.24, 2.45) is 5.92 Å². The molecule has 30 heavy (non-hydrogen) atoms. The first-order valence-corrected chi connectivity index (χ1v) is 10.0. The summed E-state index contributed by atoms with van der Waals surface area (Å²) in [6.45, 7) is 11.3. The number of hydrogen-bond donors (Lipinski definition) is 0. The SMILES string of the molecule is C=C(CC)C(=O)CC1CC(=O)C(c2c(C)cc(OCC(F)(F)F)cc2C)C1=O.CC. The Kier molecular flexibility index (Phi) is 9.00. The van der Waals surface area contributed by atoms with Gasteiger partial charge in [0.15, 0.2) is 18.2 Å². The lowest BCUT2D eigenvalue weighted by Crippen LogP contribution is -2.21. The molecule has 1 aliphatic rings. The molecule has 0 heterocycles. The first kappa shape index (κ1) is 25.6. The van der Waals surface area contributed by atoms with Gasteiger partial charge in [-0.3, -0.25) is 14.4 Å². The van der Waals surface area contributed by atoms with Crippen LogP contribution in [0.4, 0.5) is 13.2 Å². The third kappa shape index (κ3) is 6.28. The van der Waals surface area contributed by atoms with Crippen LogP contribution in [-0.2, 0) is 14.4 Å². The van der Waals surface area contributed by atoms with E-state index >= 15 is 0 Å². The van der Waals surface area contributed by atoms with Crippen LogP contribution in [0.3, 0.4) is 0 Å². The molecule has 7 heteroatoms. The first-order valence-electron chi connectivity index (χ1n) is 10.0. The lowest BCUT2D eigenvalue weighted by Gasteiger charge is -2.18. The molecule has 1 saturated carbocycles. The van der Waals surface area contributed by atoms with E-state index in [0.717, 1.165) is 0 Å². The lowest BCUT2D eigenvalue weighted by atomic mass is 9.86. The molecular weight excluding hydrogens is 397 g/mol. The molecule has 0 spiro atoms. The number of rotatable bonds is 7. The Bertz CT molecular complexity index is 801. The number of alkyl halides is 3. The van der Waals surface area contributed by atoms with Crippen molar-refractivity contribution in [3.05, 3.63) is 41.0 Å². The minimum absolute atomic E-state index is 0.0164. The fourth-order valence-electron chi connectivity index (χ4n) is 3.54. The van der Waals surface area contributed by atoms with Crippen molar-refractivity contribution in [2.75, 3.05) is 6.61 Å². The van der Waals surface area contributed by atoms with Gasteiger partial charge in [-0.2, -0.15) is 13.2 Å². The Hall–Kier alpha value is -2.44. The molecule has 0 bridgehead atoms. The second-order valence-corrected chi connectivity index (χ2v) is 7.16. The van der Waals surface area contributed by atoms with Crippen molar-refractivity contribution in [3.63, 3.8) is 0 Å². The van der Waals surface area contributed by atoms with Crippen LogP contribution in [0.5, 0.6) is 5.75 Å². The van der Waals surface area contributed by atoms with Crippen LogP contribution in [0.15, 0.2) is 24.3 Å². The van der Waals surface area contributed by atoms with E-state index in [1.54, 1.807) is 20.8 Å². The van der Waals surface area contributed by atoms with E-state index in [1.807, 2.05) is 13.8 Å². The van der Waals surface area contributed by atoms with Crippen LogP contribution in [0, 0.1) is 19.8 Å². The van der Waals surface area contributed by atoms with Gasteiger partial charge in [-0.1, -0.05) is 27.4 Å². The number of carbonyl (C=O) groups is 3. The standard InChI is InChI=1S/C21H23F3O4.C2H6/c1-5-11(2)16(25)8-14-9-17(26)19(20(14)27)18-12(3)6-15(7-13(18)4)28-10-21(22,23)24;1-2/h6-7,14,19H,2,5,8-10H2,1,3-4H3;1-2H3. The van der Waals surface area contributed by atoms with Crippen molar-refractivity contribution in [3.8, 4) is 5.75 Å². The Morgan fingerprint density at radius 3 is 2.17 bits per heavy atom. The van der Waals surface area contributed by atoms with Gasteiger partial charge in [0.1, 0.15) is 17.5 Å².